The molecule has 1 N–H and O–H groups in total. The van der Waals surface area contributed by atoms with Crippen molar-refractivity contribution in [2.45, 2.75) is 39.2 Å². The topological polar surface area (TPSA) is 49.4 Å². The summed E-state index contributed by atoms with van der Waals surface area (Å²) in [6, 6.07) is 0.514. The van der Waals surface area contributed by atoms with Gasteiger partial charge in [-0.2, -0.15) is 0 Å². The maximum absolute atomic E-state index is 11.3. The molecule has 17 heavy (non-hydrogen) atoms. The molecule has 102 valence electrons. The molecule has 1 aliphatic rings. The first kappa shape index (κ1) is 14.9. The zero-order valence-electron chi connectivity index (χ0n) is 11.1. The lowest BCUT2D eigenvalue weighted by Gasteiger charge is -2.32. The Balaban J connectivity index is 2.13. The molecule has 0 radical (unpaired) electrons. The molecular formula is C12H26N2O2S. The van der Waals surface area contributed by atoms with Crippen LogP contribution in [0.2, 0.25) is 0 Å². The molecule has 1 atom stereocenters. The third-order valence-corrected chi connectivity index (χ3v) is 5.19. The van der Waals surface area contributed by atoms with Gasteiger partial charge in [0.05, 0.1) is 5.75 Å². The number of nitrogens with zero attached hydrogens (tertiary/aromatic N) is 1. The second-order valence-corrected chi connectivity index (χ2v) is 7.36. The van der Waals surface area contributed by atoms with Crippen molar-refractivity contribution in [3.8, 4) is 0 Å². The fourth-order valence-corrected chi connectivity index (χ4v) is 2.92. The van der Waals surface area contributed by atoms with Crippen molar-refractivity contribution in [2.24, 2.45) is 0 Å². The van der Waals surface area contributed by atoms with Gasteiger partial charge in [0.2, 0.25) is 0 Å². The number of hydrogen-bond acceptors (Lipinski definition) is 4. The second-order valence-electron chi connectivity index (χ2n) is 4.89. The third kappa shape index (κ3) is 5.84. The molecule has 0 saturated carbocycles. The van der Waals surface area contributed by atoms with Crippen LogP contribution in [0.4, 0.5) is 0 Å². The summed E-state index contributed by atoms with van der Waals surface area (Å²) in [7, 11) is -2.82. The van der Waals surface area contributed by atoms with Crippen molar-refractivity contribution in [1.82, 2.24) is 10.2 Å². The Morgan fingerprint density at radius 2 is 1.88 bits per heavy atom. The smallest absolute Gasteiger partial charge is 0.151 e. The van der Waals surface area contributed by atoms with E-state index >= 15 is 0 Å². The molecule has 1 rings (SSSR count). The van der Waals surface area contributed by atoms with Gasteiger partial charge in [-0.25, -0.2) is 8.42 Å². The van der Waals surface area contributed by atoms with Gasteiger partial charge in [0.25, 0.3) is 0 Å². The van der Waals surface area contributed by atoms with Crippen LogP contribution in [0.15, 0.2) is 0 Å². The van der Waals surface area contributed by atoms with E-state index in [1.807, 2.05) is 0 Å². The monoisotopic (exact) mass is 262 g/mol. The molecule has 1 unspecified atom stereocenters. The van der Waals surface area contributed by atoms with E-state index in [9.17, 15) is 8.42 Å². The number of nitrogens with one attached hydrogen (secondary N) is 1. The molecule has 4 nitrogen and oxygen atoms in total. The van der Waals surface area contributed by atoms with Crippen LogP contribution in [0.25, 0.3) is 0 Å². The number of piperidine rings is 1. The van der Waals surface area contributed by atoms with Crippen LogP contribution >= 0.6 is 0 Å². The molecule has 1 heterocycles. The summed E-state index contributed by atoms with van der Waals surface area (Å²) in [4.78, 5) is 2.49. The van der Waals surface area contributed by atoms with E-state index in [2.05, 4.69) is 17.1 Å². The SMILES string of the molecule is CCS(=O)(=O)CCNCC(C)N1CCCCC1. The Labute approximate surface area is 106 Å². The van der Waals surface area contributed by atoms with Gasteiger partial charge >= 0.3 is 0 Å². The minimum atomic E-state index is -2.82. The molecule has 0 amide bonds. The van der Waals surface area contributed by atoms with Crippen LogP contribution in [-0.2, 0) is 9.84 Å². The van der Waals surface area contributed by atoms with Crippen molar-refractivity contribution in [3.05, 3.63) is 0 Å². The van der Waals surface area contributed by atoms with E-state index in [-0.39, 0.29) is 11.5 Å². The summed E-state index contributed by atoms with van der Waals surface area (Å²) in [6.45, 7) is 7.76. The standard InChI is InChI=1S/C12H26N2O2S/c1-3-17(15,16)10-7-13-11-12(2)14-8-5-4-6-9-14/h12-13H,3-11H2,1-2H3. The first-order valence-electron chi connectivity index (χ1n) is 6.70. The Hall–Kier alpha value is -0.130. The van der Waals surface area contributed by atoms with Crippen LogP contribution in [-0.4, -0.2) is 57.0 Å². The summed E-state index contributed by atoms with van der Waals surface area (Å²) in [5.74, 6) is 0.507. The van der Waals surface area contributed by atoms with E-state index in [4.69, 9.17) is 0 Å². The van der Waals surface area contributed by atoms with Crippen molar-refractivity contribution in [3.63, 3.8) is 0 Å². The normalized spacial score (nSPS) is 20.4. The predicted molar refractivity (Wildman–Crippen MR) is 72.1 cm³/mol. The molecule has 0 bridgehead atoms. The van der Waals surface area contributed by atoms with Gasteiger partial charge in [0.15, 0.2) is 9.84 Å². The summed E-state index contributed by atoms with van der Waals surface area (Å²) in [5.41, 5.74) is 0. The zero-order chi connectivity index (χ0) is 12.7. The largest absolute Gasteiger partial charge is 0.314 e. The molecular weight excluding hydrogens is 236 g/mol. The molecule has 5 heteroatoms. The predicted octanol–water partition coefficient (Wildman–Crippen LogP) is 0.885. The fourth-order valence-electron chi connectivity index (χ4n) is 2.17. The molecule has 1 aliphatic heterocycles. The second kappa shape index (κ2) is 7.34. The van der Waals surface area contributed by atoms with Gasteiger partial charge in [0, 0.05) is 24.9 Å². The van der Waals surface area contributed by atoms with E-state index in [0.29, 0.717) is 12.6 Å². The summed E-state index contributed by atoms with van der Waals surface area (Å²) in [5, 5.41) is 3.25. The Morgan fingerprint density at radius 3 is 2.47 bits per heavy atom. The highest BCUT2D eigenvalue weighted by Crippen LogP contribution is 2.11. The van der Waals surface area contributed by atoms with Gasteiger partial charge in [0.1, 0.15) is 0 Å². The highest BCUT2D eigenvalue weighted by Gasteiger charge is 2.16. The first-order valence-corrected chi connectivity index (χ1v) is 8.52. The number of likely N-dealkylation sites (tertiary alicyclic amines) is 1. The van der Waals surface area contributed by atoms with Crippen LogP contribution < -0.4 is 5.32 Å². The molecule has 1 fully saturated rings. The molecule has 0 aromatic carbocycles. The zero-order valence-corrected chi connectivity index (χ0v) is 11.9. The third-order valence-electron chi connectivity index (χ3n) is 3.48. The van der Waals surface area contributed by atoms with Gasteiger partial charge < -0.3 is 5.32 Å². The first-order chi connectivity index (χ1) is 8.05. The lowest BCUT2D eigenvalue weighted by Crippen LogP contribution is -2.43. The van der Waals surface area contributed by atoms with Gasteiger partial charge in [-0.3, -0.25) is 4.90 Å². The lowest BCUT2D eigenvalue weighted by atomic mass is 10.1. The average molecular weight is 262 g/mol. The quantitative estimate of drug-likeness (QED) is 0.692. The van der Waals surface area contributed by atoms with Gasteiger partial charge in [-0.15, -0.1) is 0 Å². The minimum Gasteiger partial charge on any atom is -0.314 e. The van der Waals surface area contributed by atoms with Crippen molar-refractivity contribution < 1.29 is 8.42 Å². The average Bonchev–Trinajstić information content (AvgIpc) is 2.35. The minimum absolute atomic E-state index is 0.246. The Kier molecular flexibility index (Phi) is 6.44. The van der Waals surface area contributed by atoms with Gasteiger partial charge in [-0.1, -0.05) is 13.3 Å². The summed E-state index contributed by atoms with van der Waals surface area (Å²) in [6.07, 6.45) is 3.95. The molecule has 0 aromatic rings. The number of hydrogen-bond donors (Lipinski definition) is 1. The van der Waals surface area contributed by atoms with Crippen molar-refractivity contribution >= 4 is 9.84 Å². The highest BCUT2D eigenvalue weighted by atomic mass is 32.2. The molecule has 0 aliphatic carbocycles. The fraction of sp³-hybridized carbons (Fsp3) is 1.00. The van der Waals surface area contributed by atoms with Gasteiger partial charge in [-0.05, 0) is 32.9 Å². The van der Waals surface area contributed by atoms with Crippen LogP contribution in [0.5, 0.6) is 0 Å². The summed E-state index contributed by atoms with van der Waals surface area (Å²) >= 11 is 0. The molecule has 0 spiro atoms. The van der Waals surface area contributed by atoms with E-state index in [0.717, 1.165) is 6.54 Å². The summed E-state index contributed by atoms with van der Waals surface area (Å²) < 4.78 is 22.6. The Bertz CT molecular complexity index is 298. The van der Waals surface area contributed by atoms with Crippen LogP contribution in [0.3, 0.4) is 0 Å². The van der Waals surface area contributed by atoms with E-state index in [1.165, 1.54) is 32.4 Å². The maximum Gasteiger partial charge on any atom is 0.151 e. The molecule has 0 aromatic heterocycles. The Morgan fingerprint density at radius 1 is 1.24 bits per heavy atom. The van der Waals surface area contributed by atoms with E-state index < -0.39 is 9.84 Å². The number of sulfone groups is 1. The van der Waals surface area contributed by atoms with Crippen molar-refractivity contribution in [2.75, 3.05) is 37.7 Å². The lowest BCUT2D eigenvalue weighted by molar-refractivity contribution is 0.171. The highest BCUT2D eigenvalue weighted by molar-refractivity contribution is 7.91. The number of rotatable bonds is 7. The van der Waals surface area contributed by atoms with Crippen LogP contribution in [0, 0.1) is 0 Å². The van der Waals surface area contributed by atoms with Crippen molar-refractivity contribution in [1.29, 1.82) is 0 Å². The molecule has 1 saturated heterocycles. The van der Waals surface area contributed by atoms with E-state index in [1.54, 1.807) is 6.92 Å². The maximum atomic E-state index is 11.3. The van der Waals surface area contributed by atoms with Crippen LogP contribution in [0.1, 0.15) is 33.1 Å².